The first-order chi connectivity index (χ1) is 14.4. The predicted octanol–water partition coefficient (Wildman–Crippen LogP) is 4.03. The van der Waals surface area contributed by atoms with Gasteiger partial charge in [0, 0.05) is 18.3 Å². The van der Waals surface area contributed by atoms with Crippen LogP contribution in [-0.2, 0) is 16.1 Å². The zero-order chi connectivity index (χ0) is 21.5. The standard InChI is InChI=1S/C22H19FN2O5/c1-14(26)25-15-8-9-17(19(23)11-15)21(27)13-30-22(28)18-6-2-3-7-20(18)24-12-16-5-4-10-29-16/h2-11,24H,12-13H2,1H3,(H,25,26). The van der Waals surface area contributed by atoms with Crippen LogP contribution in [0.1, 0.15) is 33.4 Å². The number of Topliss-reactive ketones (excluding diaryl/α,β-unsaturated/α-hetero) is 1. The number of carbonyl (C=O) groups is 3. The summed E-state index contributed by atoms with van der Waals surface area (Å²) in [6.45, 7) is 1.03. The van der Waals surface area contributed by atoms with Gasteiger partial charge in [0.05, 0.1) is 23.9 Å². The highest BCUT2D eigenvalue weighted by Gasteiger charge is 2.18. The number of amides is 1. The first kappa shape index (κ1) is 20.8. The molecule has 7 nitrogen and oxygen atoms in total. The first-order valence-corrected chi connectivity index (χ1v) is 9.07. The van der Waals surface area contributed by atoms with Crippen molar-refractivity contribution >= 4 is 29.0 Å². The van der Waals surface area contributed by atoms with Crippen molar-refractivity contribution in [3.63, 3.8) is 0 Å². The van der Waals surface area contributed by atoms with Crippen LogP contribution in [0.5, 0.6) is 0 Å². The second-order valence-electron chi connectivity index (χ2n) is 6.35. The van der Waals surface area contributed by atoms with E-state index in [0.717, 1.165) is 6.07 Å². The molecule has 1 heterocycles. The van der Waals surface area contributed by atoms with Crippen molar-refractivity contribution in [1.82, 2.24) is 0 Å². The third-order valence-corrected chi connectivity index (χ3v) is 4.10. The lowest BCUT2D eigenvalue weighted by Crippen LogP contribution is -2.17. The Morgan fingerprint density at radius 2 is 1.83 bits per heavy atom. The molecule has 2 N–H and O–H groups in total. The van der Waals surface area contributed by atoms with Gasteiger partial charge in [0.2, 0.25) is 11.7 Å². The normalized spacial score (nSPS) is 10.3. The van der Waals surface area contributed by atoms with Crippen LogP contribution in [0.2, 0.25) is 0 Å². The molecule has 0 saturated carbocycles. The molecule has 0 radical (unpaired) electrons. The van der Waals surface area contributed by atoms with Crippen LogP contribution in [-0.4, -0.2) is 24.3 Å². The lowest BCUT2D eigenvalue weighted by molar-refractivity contribution is -0.114. The van der Waals surface area contributed by atoms with Crippen LogP contribution in [0, 0.1) is 5.82 Å². The summed E-state index contributed by atoms with van der Waals surface area (Å²) in [7, 11) is 0. The monoisotopic (exact) mass is 410 g/mol. The van der Waals surface area contributed by atoms with E-state index >= 15 is 0 Å². The fraction of sp³-hybridized carbons (Fsp3) is 0.136. The molecule has 8 heteroatoms. The largest absolute Gasteiger partial charge is 0.467 e. The molecule has 0 aliphatic heterocycles. The minimum atomic E-state index is -0.817. The van der Waals surface area contributed by atoms with E-state index in [1.165, 1.54) is 19.1 Å². The number of anilines is 2. The molecule has 0 atom stereocenters. The molecule has 0 aliphatic rings. The van der Waals surface area contributed by atoms with E-state index in [0.29, 0.717) is 18.0 Å². The number of carbonyl (C=O) groups excluding carboxylic acids is 3. The second kappa shape index (κ2) is 9.51. The van der Waals surface area contributed by atoms with Crippen molar-refractivity contribution in [1.29, 1.82) is 0 Å². The average molecular weight is 410 g/mol. The van der Waals surface area contributed by atoms with Gasteiger partial charge in [-0.1, -0.05) is 12.1 Å². The van der Waals surface area contributed by atoms with Crippen LogP contribution in [0.4, 0.5) is 15.8 Å². The van der Waals surface area contributed by atoms with Crippen molar-refractivity contribution in [2.75, 3.05) is 17.2 Å². The van der Waals surface area contributed by atoms with Gasteiger partial charge in [-0.15, -0.1) is 0 Å². The van der Waals surface area contributed by atoms with Crippen molar-refractivity contribution in [3.05, 3.63) is 83.6 Å². The predicted molar refractivity (Wildman–Crippen MR) is 108 cm³/mol. The molecule has 3 rings (SSSR count). The molecule has 0 bridgehead atoms. The number of hydrogen-bond acceptors (Lipinski definition) is 6. The molecule has 154 valence electrons. The van der Waals surface area contributed by atoms with Crippen LogP contribution in [0.15, 0.2) is 65.3 Å². The number of para-hydroxylation sites is 1. The van der Waals surface area contributed by atoms with Gasteiger partial charge in [0.25, 0.3) is 0 Å². The number of halogens is 1. The van der Waals surface area contributed by atoms with Gasteiger partial charge in [-0.3, -0.25) is 9.59 Å². The maximum atomic E-state index is 14.2. The Balaban J connectivity index is 1.63. The van der Waals surface area contributed by atoms with Gasteiger partial charge < -0.3 is 19.8 Å². The van der Waals surface area contributed by atoms with Crippen LogP contribution in [0.3, 0.4) is 0 Å². The summed E-state index contributed by atoms with van der Waals surface area (Å²) >= 11 is 0. The fourth-order valence-electron chi connectivity index (χ4n) is 2.72. The molecule has 0 saturated heterocycles. The smallest absolute Gasteiger partial charge is 0.340 e. The topological polar surface area (TPSA) is 97.6 Å². The van der Waals surface area contributed by atoms with E-state index in [1.807, 2.05) is 0 Å². The molecule has 30 heavy (non-hydrogen) atoms. The summed E-state index contributed by atoms with van der Waals surface area (Å²) in [6, 6.07) is 13.9. The summed E-state index contributed by atoms with van der Waals surface area (Å²) < 4.78 is 24.5. The molecule has 1 aromatic heterocycles. The maximum absolute atomic E-state index is 14.2. The Hall–Kier alpha value is -3.94. The van der Waals surface area contributed by atoms with Crippen LogP contribution < -0.4 is 10.6 Å². The number of esters is 1. The Morgan fingerprint density at radius 3 is 2.53 bits per heavy atom. The molecular weight excluding hydrogens is 391 g/mol. The van der Waals surface area contributed by atoms with Crippen LogP contribution >= 0.6 is 0 Å². The third-order valence-electron chi connectivity index (χ3n) is 4.10. The molecule has 3 aromatic rings. The number of rotatable bonds is 8. The number of benzene rings is 2. The van der Waals surface area contributed by atoms with E-state index < -0.39 is 24.2 Å². The molecule has 0 fully saturated rings. The highest BCUT2D eigenvalue weighted by Crippen LogP contribution is 2.19. The van der Waals surface area contributed by atoms with Gasteiger partial charge in [0.15, 0.2) is 6.61 Å². The number of nitrogens with one attached hydrogen (secondary N) is 2. The average Bonchev–Trinajstić information content (AvgIpc) is 3.24. The number of ether oxygens (including phenoxy) is 1. The highest BCUT2D eigenvalue weighted by atomic mass is 19.1. The first-order valence-electron chi connectivity index (χ1n) is 9.07. The quantitative estimate of drug-likeness (QED) is 0.430. The van der Waals surface area contributed by atoms with Crippen LogP contribution in [0.25, 0.3) is 0 Å². The third kappa shape index (κ3) is 5.32. The highest BCUT2D eigenvalue weighted by molar-refractivity contribution is 6.01. The van der Waals surface area contributed by atoms with Gasteiger partial charge >= 0.3 is 5.97 Å². The SMILES string of the molecule is CC(=O)Nc1ccc(C(=O)COC(=O)c2ccccc2NCc2ccco2)c(F)c1. The minimum Gasteiger partial charge on any atom is -0.467 e. The number of furan rings is 1. The van der Waals surface area contributed by atoms with E-state index in [2.05, 4.69) is 10.6 Å². The Labute approximate surface area is 171 Å². The van der Waals surface area contributed by atoms with E-state index in [1.54, 1.807) is 42.7 Å². The van der Waals surface area contributed by atoms with Gasteiger partial charge in [0.1, 0.15) is 11.6 Å². The van der Waals surface area contributed by atoms with Gasteiger partial charge in [-0.25, -0.2) is 9.18 Å². The lowest BCUT2D eigenvalue weighted by Gasteiger charge is -2.11. The summed E-state index contributed by atoms with van der Waals surface area (Å²) in [4.78, 5) is 35.7. The fourth-order valence-corrected chi connectivity index (χ4v) is 2.72. The molecule has 0 unspecified atom stereocenters. The summed E-state index contributed by atoms with van der Waals surface area (Å²) in [5.41, 5.74) is 0.738. The van der Waals surface area contributed by atoms with Crippen molar-refractivity contribution < 1.29 is 27.9 Å². The van der Waals surface area contributed by atoms with E-state index in [-0.39, 0.29) is 22.7 Å². The van der Waals surface area contributed by atoms with Gasteiger partial charge in [-0.05, 0) is 42.5 Å². The summed E-state index contributed by atoms with van der Waals surface area (Å²) in [6.07, 6.45) is 1.55. The number of hydrogen-bond donors (Lipinski definition) is 2. The van der Waals surface area contributed by atoms with Crippen molar-refractivity contribution in [2.24, 2.45) is 0 Å². The molecule has 0 spiro atoms. The molecule has 2 aromatic carbocycles. The van der Waals surface area contributed by atoms with Gasteiger partial charge in [-0.2, -0.15) is 0 Å². The maximum Gasteiger partial charge on any atom is 0.340 e. The summed E-state index contributed by atoms with van der Waals surface area (Å²) in [5.74, 6) is -1.91. The second-order valence-corrected chi connectivity index (χ2v) is 6.35. The van der Waals surface area contributed by atoms with Crippen molar-refractivity contribution in [2.45, 2.75) is 13.5 Å². The zero-order valence-electron chi connectivity index (χ0n) is 16.1. The minimum absolute atomic E-state index is 0.227. The van der Waals surface area contributed by atoms with E-state index in [4.69, 9.17) is 9.15 Å². The van der Waals surface area contributed by atoms with E-state index in [9.17, 15) is 18.8 Å². The Bertz CT molecular complexity index is 1060. The van der Waals surface area contributed by atoms with Crippen molar-refractivity contribution in [3.8, 4) is 0 Å². The number of ketones is 1. The zero-order valence-corrected chi connectivity index (χ0v) is 16.1. The Morgan fingerprint density at radius 1 is 1.03 bits per heavy atom. The Kier molecular flexibility index (Phi) is 6.59. The molecule has 0 aliphatic carbocycles. The molecular formula is C22H19FN2O5. The molecule has 1 amide bonds. The lowest BCUT2D eigenvalue weighted by atomic mass is 10.1. The summed E-state index contributed by atoms with van der Waals surface area (Å²) in [5, 5.41) is 5.50.